The highest BCUT2D eigenvalue weighted by Crippen LogP contribution is 2.15. The molecule has 0 radical (unpaired) electrons. The lowest BCUT2D eigenvalue weighted by atomic mass is 10.2. The van der Waals surface area contributed by atoms with Gasteiger partial charge in [-0.05, 0) is 19.1 Å². The van der Waals surface area contributed by atoms with E-state index >= 15 is 0 Å². The first-order valence-electron chi connectivity index (χ1n) is 5.98. The summed E-state index contributed by atoms with van der Waals surface area (Å²) in [4.78, 5) is 15.1. The maximum atomic E-state index is 11.1. The summed E-state index contributed by atoms with van der Waals surface area (Å²) in [5, 5.41) is 16.5. The summed E-state index contributed by atoms with van der Waals surface area (Å²) in [6.07, 6.45) is 4.00. The van der Waals surface area contributed by atoms with Gasteiger partial charge in [0, 0.05) is 38.1 Å². The van der Waals surface area contributed by atoms with E-state index in [1.165, 1.54) is 6.20 Å². The Labute approximate surface area is 111 Å². The number of pyridine rings is 1. The Morgan fingerprint density at radius 3 is 2.95 bits per heavy atom. The fourth-order valence-corrected chi connectivity index (χ4v) is 1.80. The maximum absolute atomic E-state index is 11.1. The SMILES string of the molecule is Cc1cc(NCCc2ccn(C)n2)c(C(=O)O)cn1. The second-order valence-electron chi connectivity index (χ2n) is 4.33. The smallest absolute Gasteiger partial charge is 0.339 e. The van der Waals surface area contributed by atoms with Crippen LogP contribution in [0.1, 0.15) is 21.7 Å². The van der Waals surface area contributed by atoms with Gasteiger partial charge in [0.2, 0.25) is 0 Å². The van der Waals surface area contributed by atoms with Crippen molar-refractivity contribution in [2.24, 2.45) is 7.05 Å². The number of carboxylic acid groups (broad SMARTS) is 1. The topological polar surface area (TPSA) is 80.0 Å². The van der Waals surface area contributed by atoms with Crippen molar-refractivity contribution >= 4 is 11.7 Å². The Bertz CT molecular complexity index is 592. The summed E-state index contributed by atoms with van der Waals surface area (Å²) >= 11 is 0. The highest BCUT2D eigenvalue weighted by molar-refractivity contribution is 5.93. The Hall–Kier alpha value is -2.37. The molecule has 0 fully saturated rings. The third-order valence-electron chi connectivity index (χ3n) is 2.74. The fourth-order valence-electron chi connectivity index (χ4n) is 1.80. The molecule has 0 amide bonds. The zero-order valence-corrected chi connectivity index (χ0v) is 10.9. The predicted octanol–water partition coefficient (Wildman–Crippen LogP) is 1.48. The summed E-state index contributed by atoms with van der Waals surface area (Å²) < 4.78 is 1.74. The summed E-state index contributed by atoms with van der Waals surface area (Å²) in [5.74, 6) is -0.979. The van der Waals surface area contributed by atoms with E-state index in [4.69, 9.17) is 5.11 Å². The first-order valence-corrected chi connectivity index (χ1v) is 5.98. The van der Waals surface area contributed by atoms with Gasteiger partial charge in [-0.25, -0.2) is 4.79 Å². The fraction of sp³-hybridized carbons (Fsp3) is 0.308. The van der Waals surface area contributed by atoms with Crippen LogP contribution in [0.5, 0.6) is 0 Å². The maximum Gasteiger partial charge on any atom is 0.339 e. The number of nitrogens with one attached hydrogen (secondary N) is 1. The Balaban J connectivity index is 2.02. The van der Waals surface area contributed by atoms with Crippen LogP contribution in [0.25, 0.3) is 0 Å². The molecule has 0 bridgehead atoms. The van der Waals surface area contributed by atoms with Crippen molar-refractivity contribution in [2.75, 3.05) is 11.9 Å². The van der Waals surface area contributed by atoms with Gasteiger partial charge in [0.15, 0.2) is 0 Å². The van der Waals surface area contributed by atoms with Gasteiger partial charge >= 0.3 is 5.97 Å². The van der Waals surface area contributed by atoms with Crippen molar-refractivity contribution < 1.29 is 9.90 Å². The van der Waals surface area contributed by atoms with Crippen LogP contribution >= 0.6 is 0 Å². The van der Waals surface area contributed by atoms with Crippen molar-refractivity contribution in [3.05, 3.63) is 41.5 Å². The predicted molar refractivity (Wildman–Crippen MR) is 71.3 cm³/mol. The molecule has 0 spiro atoms. The highest BCUT2D eigenvalue weighted by atomic mass is 16.4. The van der Waals surface area contributed by atoms with Gasteiger partial charge < -0.3 is 10.4 Å². The van der Waals surface area contributed by atoms with Crippen molar-refractivity contribution in [1.82, 2.24) is 14.8 Å². The van der Waals surface area contributed by atoms with Crippen LogP contribution in [0.2, 0.25) is 0 Å². The molecule has 0 aliphatic rings. The number of aromatic nitrogens is 3. The van der Waals surface area contributed by atoms with Crippen molar-refractivity contribution in [3.8, 4) is 0 Å². The molecular weight excluding hydrogens is 244 g/mol. The van der Waals surface area contributed by atoms with Crippen molar-refractivity contribution in [2.45, 2.75) is 13.3 Å². The number of nitrogens with zero attached hydrogens (tertiary/aromatic N) is 3. The van der Waals surface area contributed by atoms with Gasteiger partial charge in [0.05, 0.1) is 11.4 Å². The van der Waals surface area contributed by atoms with Gasteiger partial charge in [-0.2, -0.15) is 5.10 Å². The van der Waals surface area contributed by atoms with Crippen LogP contribution in [-0.4, -0.2) is 32.4 Å². The minimum Gasteiger partial charge on any atom is -0.478 e. The average Bonchev–Trinajstić information content (AvgIpc) is 2.75. The molecule has 6 heteroatoms. The Kier molecular flexibility index (Phi) is 3.79. The molecule has 2 aromatic rings. The minimum absolute atomic E-state index is 0.187. The van der Waals surface area contributed by atoms with Gasteiger partial charge in [0.25, 0.3) is 0 Å². The van der Waals surface area contributed by atoms with E-state index in [1.807, 2.05) is 26.2 Å². The lowest BCUT2D eigenvalue weighted by molar-refractivity contribution is 0.0697. The molecule has 0 aliphatic carbocycles. The summed E-state index contributed by atoms with van der Waals surface area (Å²) in [5.41, 5.74) is 2.53. The van der Waals surface area contributed by atoms with Gasteiger partial charge in [-0.1, -0.05) is 0 Å². The molecule has 6 nitrogen and oxygen atoms in total. The molecule has 0 unspecified atom stereocenters. The number of hydrogen-bond acceptors (Lipinski definition) is 4. The number of aryl methyl sites for hydroxylation is 2. The molecule has 100 valence electrons. The van der Waals surface area contributed by atoms with Crippen LogP contribution in [0.4, 0.5) is 5.69 Å². The quantitative estimate of drug-likeness (QED) is 0.851. The second kappa shape index (κ2) is 5.51. The van der Waals surface area contributed by atoms with Crippen LogP contribution in [0.3, 0.4) is 0 Å². The third kappa shape index (κ3) is 3.31. The average molecular weight is 260 g/mol. The van der Waals surface area contributed by atoms with Crippen molar-refractivity contribution in [3.63, 3.8) is 0 Å². The van der Waals surface area contributed by atoms with E-state index in [1.54, 1.807) is 10.7 Å². The van der Waals surface area contributed by atoms with Crippen LogP contribution in [-0.2, 0) is 13.5 Å². The summed E-state index contributed by atoms with van der Waals surface area (Å²) in [6.45, 7) is 2.45. The standard InChI is InChI=1S/C13H16N4O2/c1-9-7-12(11(8-15-9)13(18)19)14-5-3-10-4-6-17(2)16-10/h4,6-8H,3,5H2,1-2H3,(H,14,15)(H,18,19). The van der Waals surface area contributed by atoms with E-state index in [0.717, 1.165) is 17.8 Å². The highest BCUT2D eigenvalue weighted by Gasteiger charge is 2.10. The number of carboxylic acids is 1. The molecule has 2 rings (SSSR count). The van der Waals surface area contributed by atoms with E-state index in [2.05, 4.69) is 15.4 Å². The van der Waals surface area contributed by atoms with E-state index < -0.39 is 5.97 Å². The van der Waals surface area contributed by atoms with Crippen molar-refractivity contribution in [1.29, 1.82) is 0 Å². The summed E-state index contributed by atoms with van der Waals surface area (Å²) in [6, 6.07) is 3.68. The number of carbonyl (C=O) groups is 1. The van der Waals surface area contributed by atoms with Gasteiger partial charge in [0.1, 0.15) is 5.56 Å². The lowest BCUT2D eigenvalue weighted by Crippen LogP contribution is -2.10. The molecule has 0 saturated carbocycles. The Morgan fingerprint density at radius 1 is 1.53 bits per heavy atom. The zero-order valence-electron chi connectivity index (χ0n) is 10.9. The van der Waals surface area contributed by atoms with E-state index in [-0.39, 0.29) is 5.56 Å². The lowest BCUT2D eigenvalue weighted by Gasteiger charge is -2.09. The number of anilines is 1. The molecular formula is C13H16N4O2. The van der Waals surface area contributed by atoms with Crippen LogP contribution in [0, 0.1) is 6.92 Å². The zero-order chi connectivity index (χ0) is 13.8. The molecule has 19 heavy (non-hydrogen) atoms. The monoisotopic (exact) mass is 260 g/mol. The Morgan fingerprint density at radius 2 is 2.32 bits per heavy atom. The molecule has 2 N–H and O–H groups in total. The normalized spacial score (nSPS) is 10.4. The third-order valence-corrected chi connectivity index (χ3v) is 2.74. The van der Waals surface area contributed by atoms with Crippen LogP contribution < -0.4 is 5.32 Å². The molecule has 0 aliphatic heterocycles. The number of rotatable bonds is 5. The van der Waals surface area contributed by atoms with Gasteiger partial charge in [-0.15, -0.1) is 0 Å². The van der Waals surface area contributed by atoms with E-state index in [0.29, 0.717) is 12.2 Å². The number of hydrogen-bond donors (Lipinski definition) is 2. The number of aromatic carboxylic acids is 1. The van der Waals surface area contributed by atoms with Crippen LogP contribution in [0.15, 0.2) is 24.5 Å². The second-order valence-corrected chi connectivity index (χ2v) is 4.33. The molecule has 0 aromatic carbocycles. The minimum atomic E-state index is -0.979. The van der Waals surface area contributed by atoms with E-state index in [9.17, 15) is 4.79 Å². The molecule has 0 saturated heterocycles. The molecule has 0 atom stereocenters. The molecule has 2 heterocycles. The summed E-state index contributed by atoms with van der Waals surface area (Å²) in [7, 11) is 1.87. The van der Waals surface area contributed by atoms with Gasteiger partial charge in [-0.3, -0.25) is 9.67 Å². The first kappa shape index (κ1) is 13.1. The molecule has 2 aromatic heterocycles. The largest absolute Gasteiger partial charge is 0.478 e. The first-order chi connectivity index (χ1) is 9.06.